The van der Waals surface area contributed by atoms with Crippen LogP contribution < -0.4 is 0 Å². The molecule has 0 amide bonds. The highest BCUT2D eigenvalue weighted by atomic mass is 19.4. The molecule has 8 heteroatoms. The molecule has 0 unspecified atom stereocenters. The van der Waals surface area contributed by atoms with E-state index in [2.05, 4.69) is 0 Å². The summed E-state index contributed by atoms with van der Waals surface area (Å²) in [4.78, 5) is 23.3. The van der Waals surface area contributed by atoms with E-state index < -0.39 is 17.7 Å². The molecule has 1 heterocycles. The molecule has 0 saturated heterocycles. The maximum Gasteiger partial charge on any atom is 0.416 e. The number of halogens is 3. The highest BCUT2D eigenvalue weighted by molar-refractivity contribution is 5.96. The van der Waals surface area contributed by atoms with Crippen LogP contribution in [0.4, 0.5) is 13.2 Å². The monoisotopic (exact) mass is 404 g/mol. The number of ketones is 1. The van der Waals surface area contributed by atoms with Gasteiger partial charge in [-0.25, -0.2) is 4.79 Å². The van der Waals surface area contributed by atoms with E-state index in [9.17, 15) is 27.9 Å². The number of benzene rings is 2. The van der Waals surface area contributed by atoms with Crippen molar-refractivity contribution in [2.24, 2.45) is 0 Å². The Kier molecular flexibility index (Phi) is 5.45. The highest BCUT2D eigenvalue weighted by Gasteiger charge is 2.30. The van der Waals surface area contributed by atoms with Crippen molar-refractivity contribution in [2.45, 2.75) is 19.0 Å². The molecule has 0 aliphatic carbocycles. The summed E-state index contributed by atoms with van der Waals surface area (Å²) in [5.41, 5.74) is -0.466. The third-order valence-corrected chi connectivity index (χ3v) is 4.31. The molecule has 5 nitrogen and oxygen atoms in total. The van der Waals surface area contributed by atoms with E-state index in [1.165, 1.54) is 18.2 Å². The zero-order chi connectivity index (χ0) is 21.2. The Labute approximate surface area is 163 Å². The molecule has 150 valence electrons. The maximum atomic E-state index is 12.6. The van der Waals surface area contributed by atoms with Crippen molar-refractivity contribution >= 4 is 11.8 Å². The summed E-state index contributed by atoms with van der Waals surface area (Å²) < 4.78 is 43.4. The smallest absolute Gasteiger partial charge is 0.416 e. The van der Waals surface area contributed by atoms with E-state index in [4.69, 9.17) is 9.52 Å². The van der Waals surface area contributed by atoms with Crippen LogP contribution in [-0.2, 0) is 12.6 Å². The van der Waals surface area contributed by atoms with Crippen molar-refractivity contribution in [2.75, 3.05) is 0 Å². The predicted molar refractivity (Wildman–Crippen MR) is 96.9 cm³/mol. The van der Waals surface area contributed by atoms with Crippen LogP contribution in [0.15, 0.2) is 59.0 Å². The summed E-state index contributed by atoms with van der Waals surface area (Å²) in [6.07, 6.45) is -4.20. The maximum absolute atomic E-state index is 12.6. The summed E-state index contributed by atoms with van der Waals surface area (Å²) >= 11 is 0. The number of hydrogen-bond donors (Lipinski definition) is 2. The van der Waals surface area contributed by atoms with Crippen molar-refractivity contribution < 1.29 is 37.4 Å². The summed E-state index contributed by atoms with van der Waals surface area (Å²) in [7, 11) is 0. The van der Waals surface area contributed by atoms with Gasteiger partial charge in [-0.15, -0.1) is 0 Å². The molecule has 0 atom stereocenters. The number of carboxylic acids is 1. The van der Waals surface area contributed by atoms with Crippen LogP contribution in [0.25, 0.3) is 11.3 Å². The Morgan fingerprint density at radius 1 is 0.966 bits per heavy atom. The second-order valence-corrected chi connectivity index (χ2v) is 6.30. The molecule has 1 aromatic heterocycles. The first-order valence-electron chi connectivity index (χ1n) is 8.51. The van der Waals surface area contributed by atoms with Crippen molar-refractivity contribution in [1.29, 1.82) is 0 Å². The van der Waals surface area contributed by atoms with Gasteiger partial charge in [0.05, 0.1) is 5.56 Å². The van der Waals surface area contributed by atoms with Crippen molar-refractivity contribution in [3.05, 3.63) is 77.0 Å². The minimum absolute atomic E-state index is 0.0360. The molecule has 0 aliphatic rings. The lowest BCUT2D eigenvalue weighted by molar-refractivity contribution is -0.137. The SMILES string of the molecule is O=C(CCc1ccc(-c2ccc(O)c(C(=O)O)c2)o1)c1ccc(C(F)(F)F)cc1. The number of furan rings is 1. The molecule has 2 aromatic carbocycles. The van der Waals surface area contributed by atoms with Gasteiger partial charge < -0.3 is 14.6 Å². The second-order valence-electron chi connectivity index (χ2n) is 6.30. The fraction of sp³-hybridized carbons (Fsp3) is 0.143. The average molecular weight is 404 g/mol. The lowest BCUT2D eigenvalue weighted by Gasteiger charge is -2.07. The van der Waals surface area contributed by atoms with Gasteiger partial charge in [0, 0.05) is 24.0 Å². The number of phenols is 1. The number of alkyl halides is 3. The van der Waals surface area contributed by atoms with Crippen LogP contribution in [0, 0.1) is 0 Å². The standard InChI is InChI=1S/C21H15F3O5/c22-21(23,24)14-4-1-12(2-5-14)17(25)9-6-15-7-10-19(29-15)13-3-8-18(26)16(11-13)20(27)28/h1-5,7-8,10-11,26H,6,9H2,(H,27,28). The Morgan fingerprint density at radius 2 is 1.66 bits per heavy atom. The van der Waals surface area contributed by atoms with Gasteiger partial charge in [0.15, 0.2) is 5.78 Å². The molecule has 0 spiro atoms. The van der Waals surface area contributed by atoms with Crippen molar-refractivity contribution in [3.8, 4) is 17.1 Å². The molecule has 0 aliphatic heterocycles. The van der Waals surface area contributed by atoms with E-state index in [-0.39, 0.29) is 35.5 Å². The van der Waals surface area contributed by atoms with Crippen molar-refractivity contribution in [3.63, 3.8) is 0 Å². The highest BCUT2D eigenvalue weighted by Crippen LogP contribution is 2.30. The Morgan fingerprint density at radius 3 is 2.28 bits per heavy atom. The zero-order valence-corrected chi connectivity index (χ0v) is 14.9. The van der Waals surface area contributed by atoms with E-state index in [0.29, 0.717) is 17.1 Å². The fourth-order valence-corrected chi connectivity index (χ4v) is 2.75. The number of aromatic carboxylic acids is 1. The van der Waals surface area contributed by atoms with Gasteiger partial charge in [-0.3, -0.25) is 4.79 Å². The van der Waals surface area contributed by atoms with Gasteiger partial charge >= 0.3 is 12.1 Å². The van der Waals surface area contributed by atoms with Gasteiger partial charge in [-0.05, 0) is 42.5 Å². The number of carboxylic acid groups (broad SMARTS) is 1. The number of aromatic hydroxyl groups is 1. The predicted octanol–water partition coefficient (Wildman–Crippen LogP) is 5.18. The summed E-state index contributed by atoms with van der Waals surface area (Å²) in [6.45, 7) is 0. The Hall–Kier alpha value is -3.55. The van der Waals surface area contributed by atoms with Gasteiger partial charge in [-0.1, -0.05) is 12.1 Å². The molecular formula is C21H15F3O5. The molecule has 0 radical (unpaired) electrons. The van der Waals surface area contributed by atoms with Crippen LogP contribution >= 0.6 is 0 Å². The Bertz CT molecular complexity index is 1050. The first-order valence-corrected chi connectivity index (χ1v) is 8.51. The number of aryl methyl sites for hydroxylation is 1. The minimum Gasteiger partial charge on any atom is -0.507 e. The van der Waals surface area contributed by atoms with Gasteiger partial charge in [0.25, 0.3) is 0 Å². The quantitative estimate of drug-likeness (QED) is 0.553. The van der Waals surface area contributed by atoms with Crippen LogP contribution in [0.2, 0.25) is 0 Å². The van der Waals surface area contributed by atoms with Gasteiger partial charge in [0.1, 0.15) is 22.8 Å². The van der Waals surface area contributed by atoms with Crippen LogP contribution in [0.1, 0.15) is 38.5 Å². The normalized spacial score (nSPS) is 11.4. The topological polar surface area (TPSA) is 87.7 Å². The Balaban J connectivity index is 1.67. The molecule has 2 N–H and O–H groups in total. The largest absolute Gasteiger partial charge is 0.507 e. The number of carbonyl (C=O) groups excluding carboxylic acids is 1. The van der Waals surface area contributed by atoms with Gasteiger partial charge in [0.2, 0.25) is 0 Å². The van der Waals surface area contributed by atoms with Gasteiger partial charge in [-0.2, -0.15) is 13.2 Å². The van der Waals surface area contributed by atoms with Crippen LogP contribution in [0.3, 0.4) is 0 Å². The number of hydrogen-bond acceptors (Lipinski definition) is 4. The zero-order valence-electron chi connectivity index (χ0n) is 14.9. The second kappa shape index (κ2) is 7.83. The average Bonchev–Trinajstić information content (AvgIpc) is 3.14. The first-order chi connectivity index (χ1) is 13.6. The van der Waals surface area contributed by atoms with Crippen molar-refractivity contribution in [1.82, 2.24) is 0 Å². The third-order valence-electron chi connectivity index (χ3n) is 4.31. The lowest BCUT2D eigenvalue weighted by Crippen LogP contribution is -2.06. The molecule has 0 bridgehead atoms. The summed E-state index contributed by atoms with van der Waals surface area (Å²) in [5, 5.41) is 18.6. The molecule has 29 heavy (non-hydrogen) atoms. The first kappa shape index (κ1) is 20.2. The number of Topliss-reactive ketones (excluding diaryl/α,β-unsaturated/α-hetero) is 1. The summed E-state index contributed by atoms with van der Waals surface area (Å²) in [6, 6.07) is 11.3. The molecule has 0 fully saturated rings. The fourth-order valence-electron chi connectivity index (χ4n) is 2.75. The third kappa shape index (κ3) is 4.66. The van der Waals surface area contributed by atoms with E-state index in [0.717, 1.165) is 24.3 Å². The number of carbonyl (C=O) groups is 2. The molecule has 3 aromatic rings. The minimum atomic E-state index is -4.46. The van der Waals surface area contributed by atoms with E-state index in [1.807, 2.05) is 0 Å². The number of rotatable bonds is 6. The molecule has 0 saturated carbocycles. The molecular weight excluding hydrogens is 389 g/mol. The lowest BCUT2D eigenvalue weighted by atomic mass is 10.0. The van der Waals surface area contributed by atoms with Crippen LogP contribution in [-0.4, -0.2) is 22.0 Å². The summed E-state index contributed by atoms with van der Waals surface area (Å²) in [5.74, 6) is -1.14. The van der Waals surface area contributed by atoms with E-state index in [1.54, 1.807) is 12.1 Å². The van der Waals surface area contributed by atoms with E-state index >= 15 is 0 Å². The van der Waals surface area contributed by atoms with Crippen LogP contribution in [0.5, 0.6) is 5.75 Å². The molecule has 3 rings (SSSR count).